The van der Waals surface area contributed by atoms with E-state index in [1.165, 1.54) is 12.0 Å². The lowest BCUT2D eigenvalue weighted by Crippen LogP contribution is -2.17. The molecule has 1 aromatic rings. The topological polar surface area (TPSA) is 18.5 Å². The summed E-state index contributed by atoms with van der Waals surface area (Å²) in [6, 6.07) is 10.6. The van der Waals surface area contributed by atoms with Gasteiger partial charge in [-0.3, -0.25) is 0 Å². The van der Waals surface area contributed by atoms with E-state index in [0.717, 1.165) is 12.8 Å². The zero-order valence-electron chi connectivity index (χ0n) is 10.5. The van der Waals surface area contributed by atoms with E-state index >= 15 is 0 Å². The van der Waals surface area contributed by atoms with Crippen LogP contribution in [0.5, 0.6) is 0 Å². The van der Waals surface area contributed by atoms with Crippen molar-refractivity contribution in [3.63, 3.8) is 0 Å². The van der Waals surface area contributed by atoms with E-state index in [1.807, 2.05) is 0 Å². The van der Waals surface area contributed by atoms with Crippen LogP contribution in [0.1, 0.15) is 25.3 Å². The van der Waals surface area contributed by atoms with Gasteiger partial charge in [-0.05, 0) is 24.3 Å². The van der Waals surface area contributed by atoms with Crippen molar-refractivity contribution in [1.82, 2.24) is 0 Å². The summed E-state index contributed by atoms with van der Waals surface area (Å²) in [7, 11) is 3.39. The summed E-state index contributed by atoms with van der Waals surface area (Å²) in [4.78, 5) is 0. The van der Waals surface area contributed by atoms with E-state index < -0.39 is 0 Å². The number of rotatable bonds is 7. The van der Waals surface area contributed by atoms with Crippen LogP contribution in [0.25, 0.3) is 0 Å². The third-order valence-corrected chi connectivity index (χ3v) is 2.89. The lowest BCUT2D eigenvalue weighted by Gasteiger charge is -2.18. The van der Waals surface area contributed by atoms with Crippen molar-refractivity contribution in [3.05, 3.63) is 35.9 Å². The molecule has 16 heavy (non-hydrogen) atoms. The van der Waals surface area contributed by atoms with Gasteiger partial charge in [0.15, 0.2) is 6.29 Å². The smallest absolute Gasteiger partial charge is 0.157 e. The Labute approximate surface area is 98.6 Å². The highest BCUT2D eigenvalue weighted by Crippen LogP contribution is 2.16. The molecule has 0 heterocycles. The second-order valence-electron chi connectivity index (χ2n) is 4.27. The van der Waals surface area contributed by atoms with Crippen LogP contribution in [-0.4, -0.2) is 20.5 Å². The van der Waals surface area contributed by atoms with Crippen LogP contribution < -0.4 is 0 Å². The summed E-state index contributed by atoms with van der Waals surface area (Å²) >= 11 is 0. The monoisotopic (exact) mass is 222 g/mol. The van der Waals surface area contributed by atoms with Gasteiger partial charge < -0.3 is 9.47 Å². The Balaban J connectivity index is 2.27. The molecule has 2 heteroatoms. The number of benzene rings is 1. The molecule has 0 aromatic heterocycles. The maximum Gasteiger partial charge on any atom is 0.157 e. The van der Waals surface area contributed by atoms with Crippen LogP contribution in [0.3, 0.4) is 0 Å². The first-order valence-electron chi connectivity index (χ1n) is 5.85. The van der Waals surface area contributed by atoms with Crippen LogP contribution >= 0.6 is 0 Å². The molecule has 1 unspecified atom stereocenters. The molecular formula is C14H22O2. The molecule has 0 amide bonds. The van der Waals surface area contributed by atoms with E-state index in [2.05, 4.69) is 37.3 Å². The van der Waals surface area contributed by atoms with Crippen molar-refractivity contribution in [2.24, 2.45) is 5.92 Å². The van der Waals surface area contributed by atoms with Gasteiger partial charge in [-0.15, -0.1) is 0 Å². The van der Waals surface area contributed by atoms with Gasteiger partial charge in [0.25, 0.3) is 0 Å². The molecule has 0 fully saturated rings. The SMILES string of the molecule is COC(CC(C)CCc1ccccc1)OC. The van der Waals surface area contributed by atoms with Crippen LogP contribution in [0.4, 0.5) is 0 Å². The van der Waals surface area contributed by atoms with Crippen LogP contribution in [0.2, 0.25) is 0 Å². The second-order valence-corrected chi connectivity index (χ2v) is 4.27. The normalized spacial score (nSPS) is 13.0. The van der Waals surface area contributed by atoms with E-state index in [9.17, 15) is 0 Å². The molecule has 0 aliphatic heterocycles. The Morgan fingerprint density at radius 2 is 1.69 bits per heavy atom. The fourth-order valence-corrected chi connectivity index (χ4v) is 1.79. The van der Waals surface area contributed by atoms with Gasteiger partial charge in [0.2, 0.25) is 0 Å². The zero-order valence-corrected chi connectivity index (χ0v) is 10.5. The number of hydrogen-bond acceptors (Lipinski definition) is 2. The van der Waals surface area contributed by atoms with E-state index in [1.54, 1.807) is 14.2 Å². The maximum atomic E-state index is 5.20. The van der Waals surface area contributed by atoms with Crippen molar-refractivity contribution in [2.45, 2.75) is 32.5 Å². The summed E-state index contributed by atoms with van der Waals surface area (Å²) in [6.07, 6.45) is 3.20. The Morgan fingerprint density at radius 1 is 1.06 bits per heavy atom. The highest BCUT2D eigenvalue weighted by Gasteiger charge is 2.11. The molecule has 0 N–H and O–H groups in total. The van der Waals surface area contributed by atoms with Gasteiger partial charge in [-0.25, -0.2) is 0 Å². The third kappa shape index (κ3) is 4.77. The molecule has 0 spiro atoms. The van der Waals surface area contributed by atoms with Crippen molar-refractivity contribution >= 4 is 0 Å². The van der Waals surface area contributed by atoms with Crippen molar-refractivity contribution < 1.29 is 9.47 Å². The molecule has 0 bridgehead atoms. The molecule has 0 saturated carbocycles. The first kappa shape index (κ1) is 13.2. The minimum atomic E-state index is -0.0641. The first-order valence-corrected chi connectivity index (χ1v) is 5.85. The van der Waals surface area contributed by atoms with Gasteiger partial charge in [0, 0.05) is 20.6 Å². The summed E-state index contributed by atoms with van der Waals surface area (Å²) < 4.78 is 10.4. The second kappa shape index (κ2) is 7.42. The van der Waals surface area contributed by atoms with Crippen LogP contribution in [-0.2, 0) is 15.9 Å². The van der Waals surface area contributed by atoms with Crippen molar-refractivity contribution in [1.29, 1.82) is 0 Å². The van der Waals surface area contributed by atoms with Gasteiger partial charge in [-0.2, -0.15) is 0 Å². The number of ether oxygens (including phenoxy) is 2. The molecular weight excluding hydrogens is 200 g/mol. The number of hydrogen-bond donors (Lipinski definition) is 0. The minimum absolute atomic E-state index is 0.0641. The summed E-state index contributed by atoms with van der Waals surface area (Å²) in [6.45, 7) is 2.24. The van der Waals surface area contributed by atoms with E-state index in [-0.39, 0.29) is 6.29 Å². The van der Waals surface area contributed by atoms with Gasteiger partial charge >= 0.3 is 0 Å². The Kier molecular flexibility index (Phi) is 6.12. The molecule has 1 atom stereocenters. The van der Waals surface area contributed by atoms with Gasteiger partial charge in [0.05, 0.1) is 0 Å². The van der Waals surface area contributed by atoms with E-state index in [0.29, 0.717) is 5.92 Å². The van der Waals surface area contributed by atoms with Crippen LogP contribution in [0.15, 0.2) is 30.3 Å². The summed E-state index contributed by atoms with van der Waals surface area (Å²) in [5.74, 6) is 0.616. The molecule has 0 radical (unpaired) electrons. The predicted octanol–water partition coefficient (Wildman–Crippen LogP) is 3.26. The minimum Gasteiger partial charge on any atom is -0.356 e. The van der Waals surface area contributed by atoms with Crippen molar-refractivity contribution in [2.75, 3.05) is 14.2 Å². The fraction of sp³-hybridized carbons (Fsp3) is 0.571. The van der Waals surface area contributed by atoms with Crippen LogP contribution in [0, 0.1) is 5.92 Å². The quantitative estimate of drug-likeness (QED) is 0.659. The molecule has 1 aromatic carbocycles. The number of aryl methyl sites for hydroxylation is 1. The predicted molar refractivity (Wildman–Crippen MR) is 66.4 cm³/mol. The fourth-order valence-electron chi connectivity index (χ4n) is 1.79. The maximum absolute atomic E-state index is 5.20. The van der Waals surface area contributed by atoms with Crippen molar-refractivity contribution in [3.8, 4) is 0 Å². The molecule has 0 saturated heterocycles. The third-order valence-electron chi connectivity index (χ3n) is 2.89. The number of methoxy groups -OCH3 is 2. The lowest BCUT2D eigenvalue weighted by molar-refractivity contribution is -0.113. The summed E-state index contributed by atoms with van der Waals surface area (Å²) in [5.41, 5.74) is 1.40. The largest absolute Gasteiger partial charge is 0.356 e. The van der Waals surface area contributed by atoms with E-state index in [4.69, 9.17) is 9.47 Å². The average molecular weight is 222 g/mol. The summed E-state index contributed by atoms with van der Waals surface area (Å²) in [5, 5.41) is 0. The molecule has 90 valence electrons. The highest BCUT2D eigenvalue weighted by molar-refractivity contribution is 5.14. The Morgan fingerprint density at radius 3 is 2.25 bits per heavy atom. The highest BCUT2D eigenvalue weighted by atomic mass is 16.7. The molecule has 0 aliphatic carbocycles. The first-order chi connectivity index (χ1) is 7.76. The molecule has 2 nitrogen and oxygen atoms in total. The molecule has 1 rings (SSSR count). The average Bonchev–Trinajstić information content (AvgIpc) is 2.34. The Bertz CT molecular complexity index is 267. The van der Waals surface area contributed by atoms with Gasteiger partial charge in [-0.1, -0.05) is 37.3 Å². The lowest BCUT2D eigenvalue weighted by atomic mass is 9.98. The zero-order chi connectivity index (χ0) is 11.8. The molecule has 0 aliphatic rings. The standard InChI is InChI=1S/C14H22O2/c1-12(11-14(15-2)16-3)9-10-13-7-5-4-6-8-13/h4-8,12,14H,9-11H2,1-3H3. The van der Waals surface area contributed by atoms with Gasteiger partial charge in [0.1, 0.15) is 0 Å². The Hall–Kier alpha value is -0.860.